The summed E-state index contributed by atoms with van der Waals surface area (Å²) in [6.07, 6.45) is 0. The van der Waals surface area contributed by atoms with Crippen molar-refractivity contribution in [2.24, 2.45) is 0 Å². The number of benzene rings is 4. The van der Waals surface area contributed by atoms with Crippen LogP contribution in [0.25, 0.3) is 33.4 Å². The third-order valence-corrected chi connectivity index (χ3v) is 11.9. The second-order valence-electron chi connectivity index (χ2n) is 11.1. The standard InChI is InChI=1S/C30H36O3Si3/c1-34(2,31)28-16-10-7-13-25(28)22-19-23(26-14-8-11-17-29(26)35(3,4)32)21-24(20-22)27-15-9-12-18-30(27)36(5,6)33/h7-21,31-33H,1-6H3. The monoisotopic (exact) mass is 528 g/mol. The molecule has 0 unspecified atom stereocenters. The fourth-order valence-electron chi connectivity index (χ4n) is 4.90. The van der Waals surface area contributed by atoms with Gasteiger partial charge in [0.2, 0.25) is 25.0 Å². The van der Waals surface area contributed by atoms with Crippen molar-refractivity contribution in [1.29, 1.82) is 0 Å². The molecule has 0 heterocycles. The summed E-state index contributed by atoms with van der Waals surface area (Å²) in [5.41, 5.74) is 6.13. The minimum Gasteiger partial charge on any atom is -0.428 e. The molecule has 3 N–H and O–H groups in total. The Kier molecular flexibility index (Phi) is 7.13. The zero-order chi connectivity index (χ0) is 26.3. The van der Waals surface area contributed by atoms with Gasteiger partial charge in [-0.15, -0.1) is 0 Å². The van der Waals surface area contributed by atoms with E-state index >= 15 is 0 Å². The molecule has 186 valence electrons. The normalized spacial score (nSPS) is 12.6. The van der Waals surface area contributed by atoms with E-state index in [0.717, 1.165) is 48.9 Å². The Morgan fingerprint density at radius 3 is 0.833 bits per heavy atom. The van der Waals surface area contributed by atoms with Crippen molar-refractivity contribution in [1.82, 2.24) is 0 Å². The second-order valence-corrected chi connectivity index (χ2v) is 22.1. The van der Waals surface area contributed by atoms with E-state index in [0.29, 0.717) is 0 Å². The molecule has 4 aromatic carbocycles. The van der Waals surface area contributed by atoms with Gasteiger partial charge in [0.15, 0.2) is 0 Å². The predicted molar refractivity (Wildman–Crippen MR) is 161 cm³/mol. The van der Waals surface area contributed by atoms with Gasteiger partial charge in [0, 0.05) is 0 Å². The van der Waals surface area contributed by atoms with E-state index in [-0.39, 0.29) is 0 Å². The van der Waals surface area contributed by atoms with Crippen molar-refractivity contribution in [2.45, 2.75) is 39.3 Å². The van der Waals surface area contributed by atoms with Crippen LogP contribution in [0.15, 0.2) is 91.0 Å². The summed E-state index contributed by atoms with van der Waals surface area (Å²) in [6.45, 7) is 11.7. The fourth-order valence-corrected chi connectivity index (χ4v) is 9.07. The summed E-state index contributed by atoms with van der Waals surface area (Å²) < 4.78 is 0. The molecule has 0 saturated carbocycles. The minimum absolute atomic E-state index is 0.989. The molecule has 0 amide bonds. The Bertz CT molecular complexity index is 1210. The quantitative estimate of drug-likeness (QED) is 0.312. The highest BCUT2D eigenvalue weighted by atomic mass is 28.4. The van der Waals surface area contributed by atoms with Gasteiger partial charge in [-0.05, 0) is 106 Å². The zero-order valence-electron chi connectivity index (χ0n) is 22.0. The predicted octanol–water partition coefficient (Wildman–Crippen LogP) is 4.90. The van der Waals surface area contributed by atoms with Crippen LogP contribution in [0.5, 0.6) is 0 Å². The van der Waals surface area contributed by atoms with Crippen molar-refractivity contribution in [3.05, 3.63) is 91.0 Å². The highest BCUT2D eigenvalue weighted by Crippen LogP contribution is 2.33. The molecular formula is C30H36O3Si3. The Labute approximate surface area is 218 Å². The van der Waals surface area contributed by atoms with Gasteiger partial charge in [-0.3, -0.25) is 0 Å². The molecule has 0 aliphatic rings. The van der Waals surface area contributed by atoms with Crippen molar-refractivity contribution in [3.8, 4) is 33.4 Å². The Morgan fingerprint density at radius 1 is 0.389 bits per heavy atom. The lowest BCUT2D eigenvalue weighted by Gasteiger charge is -2.24. The second kappa shape index (κ2) is 9.70. The molecule has 0 aliphatic heterocycles. The van der Waals surface area contributed by atoms with Crippen molar-refractivity contribution in [3.63, 3.8) is 0 Å². The molecule has 0 aliphatic carbocycles. The molecule has 0 saturated heterocycles. The van der Waals surface area contributed by atoms with E-state index in [1.165, 1.54) is 0 Å². The summed E-state index contributed by atoms with van der Waals surface area (Å²) in [6, 6.07) is 30.8. The maximum Gasteiger partial charge on any atom is 0.214 e. The zero-order valence-corrected chi connectivity index (χ0v) is 25.0. The van der Waals surface area contributed by atoms with Crippen molar-refractivity contribution >= 4 is 40.5 Å². The van der Waals surface area contributed by atoms with E-state index in [1.807, 2.05) is 93.9 Å². The molecule has 0 bridgehead atoms. The van der Waals surface area contributed by atoms with Gasteiger partial charge in [-0.2, -0.15) is 0 Å². The summed E-state index contributed by atoms with van der Waals surface area (Å²) in [5.74, 6) is 0. The van der Waals surface area contributed by atoms with Gasteiger partial charge in [0.1, 0.15) is 0 Å². The average molecular weight is 529 g/mol. The van der Waals surface area contributed by atoms with Crippen LogP contribution in [-0.4, -0.2) is 39.3 Å². The Balaban J connectivity index is 2.08. The summed E-state index contributed by atoms with van der Waals surface area (Å²) in [7, 11) is -7.81. The first kappa shape index (κ1) is 26.5. The van der Waals surface area contributed by atoms with Gasteiger partial charge < -0.3 is 14.4 Å². The number of hydrogen-bond donors (Lipinski definition) is 3. The largest absolute Gasteiger partial charge is 0.428 e. The molecule has 0 radical (unpaired) electrons. The molecule has 0 fully saturated rings. The van der Waals surface area contributed by atoms with Crippen LogP contribution in [-0.2, 0) is 0 Å². The lowest BCUT2D eigenvalue weighted by atomic mass is 9.93. The van der Waals surface area contributed by atoms with Crippen LogP contribution < -0.4 is 15.6 Å². The maximum atomic E-state index is 11.1. The number of rotatable bonds is 6. The molecule has 3 nitrogen and oxygen atoms in total. The molecule has 4 aromatic rings. The maximum absolute atomic E-state index is 11.1. The Morgan fingerprint density at radius 2 is 0.611 bits per heavy atom. The van der Waals surface area contributed by atoms with Gasteiger partial charge in [0.25, 0.3) is 0 Å². The summed E-state index contributed by atoms with van der Waals surface area (Å²) >= 11 is 0. The molecule has 0 atom stereocenters. The van der Waals surface area contributed by atoms with Crippen LogP contribution in [0.4, 0.5) is 0 Å². The highest BCUT2D eigenvalue weighted by molar-refractivity contribution is 6.85. The number of hydrogen-bond acceptors (Lipinski definition) is 3. The van der Waals surface area contributed by atoms with Crippen LogP contribution >= 0.6 is 0 Å². The lowest BCUT2D eigenvalue weighted by Crippen LogP contribution is -2.43. The van der Waals surface area contributed by atoms with E-state index in [9.17, 15) is 14.4 Å². The molecule has 0 spiro atoms. The van der Waals surface area contributed by atoms with Gasteiger partial charge in [-0.25, -0.2) is 0 Å². The SMILES string of the molecule is C[Si](C)(O)c1ccccc1-c1cc(-c2ccccc2[Si](C)(C)O)cc(-c2ccccc2[Si](C)(C)O)c1. The third kappa shape index (κ3) is 5.54. The molecule has 36 heavy (non-hydrogen) atoms. The van der Waals surface area contributed by atoms with Crippen LogP contribution in [0.3, 0.4) is 0 Å². The minimum atomic E-state index is -2.60. The van der Waals surface area contributed by atoms with Gasteiger partial charge in [-0.1, -0.05) is 72.8 Å². The van der Waals surface area contributed by atoms with Crippen LogP contribution in [0, 0.1) is 0 Å². The first-order valence-electron chi connectivity index (χ1n) is 12.4. The van der Waals surface area contributed by atoms with Crippen LogP contribution in [0.2, 0.25) is 39.3 Å². The smallest absolute Gasteiger partial charge is 0.214 e. The highest BCUT2D eigenvalue weighted by Gasteiger charge is 2.28. The van der Waals surface area contributed by atoms with E-state index in [2.05, 4.69) is 36.4 Å². The molecular weight excluding hydrogens is 493 g/mol. The van der Waals surface area contributed by atoms with E-state index < -0.39 is 25.0 Å². The van der Waals surface area contributed by atoms with Gasteiger partial charge in [0.05, 0.1) is 0 Å². The molecule has 6 heteroatoms. The summed E-state index contributed by atoms with van der Waals surface area (Å²) in [4.78, 5) is 33.3. The third-order valence-electron chi connectivity index (χ3n) is 6.62. The molecule has 4 rings (SSSR count). The average Bonchev–Trinajstić information content (AvgIpc) is 2.82. The first-order valence-corrected chi connectivity index (χ1v) is 21.2. The van der Waals surface area contributed by atoms with Crippen molar-refractivity contribution in [2.75, 3.05) is 0 Å². The lowest BCUT2D eigenvalue weighted by molar-refractivity contribution is 0.567. The van der Waals surface area contributed by atoms with Crippen molar-refractivity contribution < 1.29 is 14.4 Å². The molecule has 0 aromatic heterocycles. The Hall–Kier alpha value is -2.59. The topological polar surface area (TPSA) is 60.7 Å². The van der Waals surface area contributed by atoms with E-state index in [1.54, 1.807) is 0 Å². The van der Waals surface area contributed by atoms with E-state index in [4.69, 9.17) is 0 Å². The van der Waals surface area contributed by atoms with Gasteiger partial charge >= 0.3 is 0 Å². The summed E-state index contributed by atoms with van der Waals surface area (Å²) in [5, 5.41) is 2.97. The first-order chi connectivity index (χ1) is 16.8. The fraction of sp³-hybridized carbons (Fsp3) is 0.200. The van der Waals surface area contributed by atoms with Crippen LogP contribution in [0.1, 0.15) is 0 Å².